The molecule has 0 fully saturated rings. The highest BCUT2D eigenvalue weighted by molar-refractivity contribution is 7.66. The summed E-state index contributed by atoms with van der Waals surface area (Å²) in [6.07, 6.45) is 14.5. The van der Waals surface area contributed by atoms with Crippen LogP contribution in [0.1, 0.15) is 77.6 Å². The van der Waals surface area contributed by atoms with E-state index in [1.165, 1.54) is 70.8 Å². The number of hydrogen-bond donors (Lipinski definition) is 1. The molecule has 0 saturated carbocycles. The van der Waals surface area contributed by atoms with E-state index in [1.54, 1.807) is 6.92 Å². The van der Waals surface area contributed by atoms with Crippen molar-refractivity contribution in [1.29, 1.82) is 0 Å². The molecule has 0 bridgehead atoms. The predicted molar refractivity (Wildman–Crippen MR) is 161 cm³/mol. The number of carbonyl (C=O) groups excluding carboxylic acids is 1. The lowest BCUT2D eigenvalue weighted by atomic mass is 10.1. The fraction of sp³-hybridized carbons (Fsp3) is 0.893. The van der Waals surface area contributed by atoms with Crippen LogP contribution in [-0.4, -0.2) is 119 Å². The van der Waals surface area contributed by atoms with Crippen LogP contribution in [-0.2, 0) is 4.79 Å². The van der Waals surface area contributed by atoms with Gasteiger partial charge in [0.15, 0.2) is 0 Å². The van der Waals surface area contributed by atoms with Crippen molar-refractivity contribution in [3.05, 3.63) is 12.2 Å². The third-order valence-corrected chi connectivity index (χ3v) is 11.5. The van der Waals surface area contributed by atoms with Crippen molar-refractivity contribution in [1.82, 2.24) is 24.0 Å². The zero-order chi connectivity index (χ0) is 27.8. The Morgan fingerprint density at radius 1 is 0.684 bits per heavy atom. The first kappa shape index (κ1) is 42.9. The van der Waals surface area contributed by atoms with Gasteiger partial charge in [-0.15, -0.1) is 18.7 Å². The molecular weight excluding hydrogens is 627 g/mol. The molecule has 0 unspecified atom stereocenters. The van der Waals surface area contributed by atoms with Crippen LogP contribution in [0.5, 0.6) is 0 Å². The van der Waals surface area contributed by atoms with Crippen molar-refractivity contribution in [2.24, 2.45) is 0 Å². The van der Waals surface area contributed by atoms with Crippen molar-refractivity contribution < 1.29 is 43.2 Å². The minimum absolute atomic E-state index is 0. The van der Waals surface area contributed by atoms with Crippen molar-refractivity contribution >= 4 is 13.8 Å². The average Bonchev–Trinajstić information content (AvgIpc) is 2.76. The van der Waals surface area contributed by atoms with E-state index in [1.807, 2.05) is 0 Å². The maximum atomic E-state index is 11.5. The highest BCUT2D eigenvalue weighted by atomic mass is 79.9. The van der Waals surface area contributed by atoms with Crippen LogP contribution >= 0.6 is 7.87 Å². The number of halogens is 2. The molecule has 0 aliphatic carbocycles. The number of nitrogens with zero attached hydrogens (tertiary/aromatic N) is 5. The summed E-state index contributed by atoms with van der Waals surface area (Å²) in [4.78, 5) is 11.5. The van der Waals surface area contributed by atoms with Crippen LogP contribution < -0.4 is 39.3 Å². The Bertz CT molecular complexity index is 598. The minimum Gasteiger partial charge on any atom is -1.00 e. The zero-order valence-electron chi connectivity index (χ0n) is 26.7. The molecule has 0 radical (unpaired) electrons. The number of unbranched alkanes of at least 4 members (excludes halogenated alkanes) is 9. The number of amides is 1. The second kappa shape index (κ2) is 23.0. The lowest BCUT2D eigenvalue weighted by Gasteiger charge is -2.44. The molecule has 230 valence electrons. The standard InChI is InChI=1S/C28H62N6OP.2BrH/c1-27(2)28(35)29-23-22-26-34(10,11)25-21-19-17-15-13-12-14-16-18-20-24-33(9)36(30(3)4,31(5)6)32(7)8;;/h1,12-26H2,2-11H3;2*1H/q+1;;/p-1. The SMILES string of the molecule is C=C(C)C(=O)NCCC[N+](C)(C)CCCCCCCCCCCCN(C)[P+](N(C)C)(N(C)C)N(C)C.[Br-].[Br-]. The summed E-state index contributed by atoms with van der Waals surface area (Å²) in [5.41, 5.74) is 0.588. The van der Waals surface area contributed by atoms with Gasteiger partial charge in [-0.2, -0.15) is 0 Å². The first-order chi connectivity index (χ1) is 16.8. The third kappa shape index (κ3) is 16.6. The van der Waals surface area contributed by atoms with Gasteiger partial charge in [0.05, 0.1) is 27.2 Å². The van der Waals surface area contributed by atoms with Crippen LogP contribution in [0.2, 0.25) is 0 Å². The number of rotatable bonds is 22. The van der Waals surface area contributed by atoms with Gasteiger partial charge in [-0.05, 0) is 26.2 Å². The van der Waals surface area contributed by atoms with Gasteiger partial charge in [-0.1, -0.05) is 51.5 Å². The molecule has 10 heteroatoms. The second-order valence-electron chi connectivity index (χ2n) is 11.8. The van der Waals surface area contributed by atoms with E-state index in [9.17, 15) is 4.79 Å². The van der Waals surface area contributed by atoms with Gasteiger partial charge >= 0.3 is 7.87 Å². The Balaban J connectivity index is -0.00000612. The molecule has 0 aromatic rings. The van der Waals surface area contributed by atoms with Gasteiger partial charge in [-0.25, -0.2) is 0 Å². The lowest BCUT2D eigenvalue weighted by molar-refractivity contribution is -0.890. The van der Waals surface area contributed by atoms with Gasteiger partial charge in [-0.3, -0.25) is 4.79 Å². The van der Waals surface area contributed by atoms with Crippen molar-refractivity contribution in [2.45, 2.75) is 77.6 Å². The topological polar surface area (TPSA) is 42.1 Å². The van der Waals surface area contributed by atoms with Crippen LogP contribution in [0, 0.1) is 0 Å². The van der Waals surface area contributed by atoms with E-state index in [2.05, 4.69) is 94.0 Å². The molecular formula is C28H63Br2N6OP. The lowest BCUT2D eigenvalue weighted by Crippen LogP contribution is -3.00. The molecule has 0 spiro atoms. The van der Waals surface area contributed by atoms with E-state index in [4.69, 9.17) is 0 Å². The molecule has 7 nitrogen and oxygen atoms in total. The summed E-state index contributed by atoms with van der Waals surface area (Å²) in [6.45, 7) is 9.66. The molecule has 0 heterocycles. The monoisotopic (exact) mass is 688 g/mol. The van der Waals surface area contributed by atoms with Gasteiger partial charge in [0.25, 0.3) is 0 Å². The number of nitrogens with one attached hydrogen (secondary N) is 1. The normalized spacial score (nSPS) is 12.2. The quantitative estimate of drug-likeness (QED) is 0.0709. The van der Waals surface area contributed by atoms with E-state index in [0.717, 1.165) is 30.5 Å². The molecule has 1 amide bonds. The maximum absolute atomic E-state index is 11.5. The number of quaternary nitrogens is 1. The summed E-state index contributed by atoms with van der Waals surface area (Å²) in [7, 11) is 18.6. The maximum Gasteiger partial charge on any atom is 0.306 e. The number of carbonyl (C=O) groups is 1. The van der Waals surface area contributed by atoms with Crippen LogP contribution in [0.15, 0.2) is 12.2 Å². The Labute approximate surface area is 259 Å². The van der Waals surface area contributed by atoms with E-state index in [0.29, 0.717) is 5.57 Å². The highest BCUT2D eigenvalue weighted by Gasteiger charge is 2.52. The van der Waals surface area contributed by atoms with E-state index >= 15 is 0 Å². The largest absolute Gasteiger partial charge is 1.00 e. The van der Waals surface area contributed by atoms with Crippen molar-refractivity contribution in [2.75, 3.05) is 89.6 Å². The Morgan fingerprint density at radius 2 is 1.05 bits per heavy atom. The van der Waals surface area contributed by atoms with Gasteiger partial charge in [0.2, 0.25) is 5.91 Å². The Hall–Kier alpha value is 0.400. The zero-order valence-corrected chi connectivity index (χ0v) is 30.7. The van der Waals surface area contributed by atoms with Crippen LogP contribution in [0.3, 0.4) is 0 Å². The smallest absolute Gasteiger partial charge is 0.306 e. The van der Waals surface area contributed by atoms with Crippen LogP contribution in [0.4, 0.5) is 0 Å². The summed E-state index contributed by atoms with van der Waals surface area (Å²) >= 11 is 0. The van der Waals surface area contributed by atoms with Crippen LogP contribution in [0.25, 0.3) is 0 Å². The first-order valence-electron chi connectivity index (χ1n) is 14.2. The van der Waals surface area contributed by atoms with Crippen molar-refractivity contribution in [3.63, 3.8) is 0 Å². The molecule has 0 aromatic heterocycles. The fourth-order valence-electron chi connectivity index (χ4n) is 5.39. The Morgan fingerprint density at radius 3 is 1.45 bits per heavy atom. The molecule has 38 heavy (non-hydrogen) atoms. The minimum atomic E-state index is -1.59. The van der Waals surface area contributed by atoms with E-state index < -0.39 is 7.87 Å². The number of hydrogen-bond acceptors (Lipinski definition) is 5. The fourth-order valence-corrected chi connectivity index (χ4v) is 9.78. The molecule has 0 rings (SSSR count). The molecule has 0 aromatic carbocycles. The van der Waals surface area contributed by atoms with E-state index in [-0.39, 0.29) is 39.9 Å². The summed E-state index contributed by atoms with van der Waals surface area (Å²) in [5.74, 6) is -0.0230. The summed E-state index contributed by atoms with van der Waals surface area (Å²) < 4.78 is 10.8. The molecule has 0 saturated heterocycles. The summed E-state index contributed by atoms with van der Waals surface area (Å²) in [5, 5.41) is 2.93. The Kier molecular flexibility index (Phi) is 26.0. The molecule has 0 atom stereocenters. The predicted octanol–water partition coefficient (Wildman–Crippen LogP) is -0.652. The van der Waals surface area contributed by atoms with Gasteiger partial charge in [0.1, 0.15) is 0 Å². The molecule has 0 aliphatic rings. The highest BCUT2D eigenvalue weighted by Crippen LogP contribution is 2.65. The first-order valence-corrected chi connectivity index (χ1v) is 15.8. The molecule has 1 N–H and O–H groups in total. The second-order valence-corrected chi connectivity index (χ2v) is 15.9. The van der Waals surface area contributed by atoms with Crippen molar-refractivity contribution in [3.8, 4) is 0 Å². The molecule has 0 aliphatic heterocycles. The van der Waals surface area contributed by atoms with Gasteiger partial charge < -0.3 is 43.8 Å². The summed E-state index contributed by atoms with van der Waals surface area (Å²) in [6, 6.07) is 0. The third-order valence-electron chi connectivity index (χ3n) is 7.18. The average molecular weight is 691 g/mol. The van der Waals surface area contributed by atoms with Gasteiger partial charge in [0, 0.05) is 74.4 Å².